The van der Waals surface area contributed by atoms with Crippen LogP contribution in [0.15, 0.2) is 42.5 Å². The maximum atomic E-state index is 6.33. The predicted molar refractivity (Wildman–Crippen MR) is 98.5 cm³/mol. The first kappa shape index (κ1) is 18.1. The van der Waals surface area contributed by atoms with Crippen molar-refractivity contribution in [3.05, 3.63) is 63.6 Å². The van der Waals surface area contributed by atoms with E-state index in [0.29, 0.717) is 22.4 Å². The number of benzene rings is 2. The van der Waals surface area contributed by atoms with Crippen LogP contribution in [0.2, 0.25) is 10.0 Å². The fourth-order valence-electron chi connectivity index (χ4n) is 2.31. The Hall–Kier alpha value is -1.22. The molecule has 0 aromatic heterocycles. The lowest BCUT2D eigenvalue weighted by Gasteiger charge is -2.12. The zero-order valence-electron chi connectivity index (χ0n) is 13.4. The zero-order chi connectivity index (χ0) is 16.5. The molecule has 0 saturated heterocycles. The van der Waals surface area contributed by atoms with Gasteiger partial charge in [0.25, 0.3) is 0 Å². The smallest absolute Gasteiger partial charge is 0.156 e. The first-order valence-corrected chi connectivity index (χ1v) is 8.81. The summed E-state index contributed by atoms with van der Waals surface area (Å²) in [6.45, 7) is 4.43. The van der Waals surface area contributed by atoms with Crippen LogP contribution in [0.4, 0.5) is 0 Å². The van der Waals surface area contributed by atoms with Gasteiger partial charge < -0.3 is 10.1 Å². The SMILES string of the molecule is CCCCCNCc1cc(Cl)c(OCc2ccccc2)c(Cl)c1. The monoisotopic (exact) mass is 351 g/mol. The molecule has 0 bridgehead atoms. The largest absolute Gasteiger partial charge is 0.486 e. The van der Waals surface area contributed by atoms with Crippen molar-refractivity contribution in [2.75, 3.05) is 6.54 Å². The van der Waals surface area contributed by atoms with Crippen LogP contribution in [0.1, 0.15) is 37.3 Å². The molecule has 0 spiro atoms. The normalized spacial score (nSPS) is 10.7. The average Bonchev–Trinajstić information content (AvgIpc) is 2.55. The number of hydrogen-bond acceptors (Lipinski definition) is 2. The van der Waals surface area contributed by atoms with E-state index in [1.54, 1.807) is 0 Å². The Bertz CT molecular complexity index is 579. The summed E-state index contributed by atoms with van der Waals surface area (Å²) >= 11 is 12.7. The molecule has 2 nitrogen and oxygen atoms in total. The summed E-state index contributed by atoms with van der Waals surface area (Å²) in [6.07, 6.45) is 3.67. The van der Waals surface area contributed by atoms with Crippen molar-refractivity contribution in [2.45, 2.75) is 39.3 Å². The highest BCUT2D eigenvalue weighted by atomic mass is 35.5. The minimum Gasteiger partial charge on any atom is -0.486 e. The highest BCUT2D eigenvalue weighted by Crippen LogP contribution is 2.34. The van der Waals surface area contributed by atoms with E-state index in [1.165, 1.54) is 19.3 Å². The van der Waals surface area contributed by atoms with E-state index in [4.69, 9.17) is 27.9 Å². The second-order valence-electron chi connectivity index (χ2n) is 5.55. The molecular weight excluding hydrogens is 329 g/mol. The van der Waals surface area contributed by atoms with E-state index in [1.807, 2.05) is 42.5 Å². The molecule has 2 aromatic rings. The topological polar surface area (TPSA) is 21.3 Å². The van der Waals surface area contributed by atoms with Crippen LogP contribution in [0.25, 0.3) is 0 Å². The Labute approximate surface area is 148 Å². The van der Waals surface area contributed by atoms with Crippen LogP contribution in [0.3, 0.4) is 0 Å². The van der Waals surface area contributed by atoms with Gasteiger partial charge in [0.2, 0.25) is 0 Å². The summed E-state index contributed by atoms with van der Waals surface area (Å²) in [5.74, 6) is 0.548. The third kappa shape index (κ3) is 6.06. The molecule has 0 saturated carbocycles. The van der Waals surface area contributed by atoms with Gasteiger partial charge in [-0.1, -0.05) is 73.3 Å². The molecule has 0 aliphatic heterocycles. The molecule has 0 unspecified atom stereocenters. The molecule has 124 valence electrons. The van der Waals surface area contributed by atoms with Gasteiger partial charge in [0.05, 0.1) is 10.0 Å². The quantitative estimate of drug-likeness (QED) is 0.572. The number of ether oxygens (including phenoxy) is 1. The van der Waals surface area contributed by atoms with E-state index in [-0.39, 0.29) is 0 Å². The minimum absolute atomic E-state index is 0.453. The molecule has 0 aliphatic rings. The summed E-state index contributed by atoms with van der Waals surface area (Å²) in [5, 5.41) is 4.52. The molecule has 2 rings (SSSR count). The lowest BCUT2D eigenvalue weighted by atomic mass is 10.2. The van der Waals surface area contributed by atoms with Crippen LogP contribution < -0.4 is 10.1 Å². The highest BCUT2D eigenvalue weighted by Gasteiger charge is 2.10. The summed E-state index contributed by atoms with van der Waals surface area (Å²) in [7, 11) is 0. The van der Waals surface area contributed by atoms with Gasteiger partial charge in [0, 0.05) is 6.54 Å². The first-order valence-electron chi connectivity index (χ1n) is 8.06. The van der Waals surface area contributed by atoms with Gasteiger partial charge in [-0.3, -0.25) is 0 Å². The Morgan fingerprint density at radius 3 is 2.30 bits per heavy atom. The summed E-state index contributed by atoms with van der Waals surface area (Å²) in [6, 6.07) is 13.8. The molecule has 0 heterocycles. The fraction of sp³-hybridized carbons (Fsp3) is 0.368. The van der Waals surface area contributed by atoms with Gasteiger partial charge in [-0.2, -0.15) is 0 Å². The van der Waals surface area contributed by atoms with Gasteiger partial charge in [-0.05, 0) is 36.2 Å². The third-order valence-corrected chi connectivity index (χ3v) is 4.13. The molecule has 0 radical (unpaired) electrons. The van der Waals surface area contributed by atoms with Crippen molar-refractivity contribution in [1.29, 1.82) is 0 Å². The summed E-state index contributed by atoms with van der Waals surface area (Å²) in [4.78, 5) is 0. The van der Waals surface area contributed by atoms with Crippen molar-refractivity contribution < 1.29 is 4.74 Å². The Balaban J connectivity index is 1.91. The van der Waals surface area contributed by atoms with E-state index in [9.17, 15) is 0 Å². The number of rotatable bonds is 9. The number of nitrogens with one attached hydrogen (secondary N) is 1. The molecule has 0 aliphatic carbocycles. The number of halogens is 2. The lowest BCUT2D eigenvalue weighted by molar-refractivity contribution is 0.306. The van der Waals surface area contributed by atoms with Crippen LogP contribution in [0, 0.1) is 0 Å². The molecule has 0 atom stereocenters. The van der Waals surface area contributed by atoms with E-state index in [2.05, 4.69) is 12.2 Å². The van der Waals surface area contributed by atoms with Crippen molar-refractivity contribution in [2.24, 2.45) is 0 Å². The molecule has 23 heavy (non-hydrogen) atoms. The Kier molecular flexibility index (Phi) is 7.73. The van der Waals surface area contributed by atoms with Gasteiger partial charge in [0.15, 0.2) is 5.75 Å². The molecule has 1 N–H and O–H groups in total. The van der Waals surface area contributed by atoms with Crippen molar-refractivity contribution in [1.82, 2.24) is 5.32 Å². The second-order valence-corrected chi connectivity index (χ2v) is 6.36. The Morgan fingerprint density at radius 2 is 1.65 bits per heavy atom. The average molecular weight is 352 g/mol. The fourth-order valence-corrected chi connectivity index (χ4v) is 2.96. The number of unbranched alkanes of at least 4 members (excludes halogenated alkanes) is 2. The zero-order valence-corrected chi connectivity index (χ0v) is 15.0. The maximum absolute atomic E-state index is 6.33. The molecule has 0 amide bonds. The van der Waals surface area contributed by atoms with E-state index >= 15 is 0 Å². The van der Waals surface area contributed by atoms with Crippen molar-refractivity contribution >= 4 is 23.2 Å². The van der Waals surface area contributed by atoms with E-state index < -0.39 is 0 Å². The molecular formula is C19H23Cl2NO. The molecule has 0 fully saturated rings. The summed E-state index contributed by atoms with van der Waals surface area (Å²) in [5.41, 5.74) is 2.16. The van der Waals surface area contributed by atoms with E-state index in [0.717, 1.165) is 24.2 Å². The predicted octanol–water partition coefficient (Wildman–Crippen LogP) is 5.85. The first-order chi connectivity index (χ1) is 11.2. The number of hydrogen-bond donors (Lipinski definition) is 1. The van der Waals surface area contributed by atoms with Crippen LogP contribution in [0.5, 0.6) is 5.75 Å². The van der Waals surface area contributed by atoms with Gasteiger partial charge in [-0.15, -0.1) is 0 Å². The van der Waals surface area contributed by atoms with Gasteiger partial charge in [-0.25, -0.2) is 0 Å². The third-order valence-electron chi connectivity index (χ3n) is 3.57. The van der Waals surface area contributed by atoms with Gasteiger partial charge >= 0.3 is 0 Å². The highest BCUT2D eigenvalue weighted by molar-refractivity contribution is 6.37. The van der Waals surface area contributed by atoms with Crippen molar-refractivity contribution in [3.8, 4) is 5.75 Å². The summed E-state index contributed by atoms with van der Waals surface area (Å²) < 4.78 is 5.78. The van der Waals surface area contributed by atoms with Gasteiger partial charge in [0.1, 0.15) is 6.61 Å². The molecule has 4 heteroatoms. The minimum atomic E-state index is 0.453. The van der Waals surface area contributed by atoms with Crippen LogP contribution >= 0.6 is 23.2 Å². The standard InChI is InChI=1S/C19H23Cl2NO/c1-2-3-7-10-22-13-16-11-17(20)19(18(21)12-16)23-14-15-8-5-4-6-9-15/h4-6,8-9,11-12,22H,2-3,7,10,13-14H2,1H3. The second kappa shape index (κ2) is 9.82. The molecule has 2 aromatic carbocycles. The Morgan fingerprint density at radius 1 is 0.957 bits per heavy atom. The van der Waals surface area contributed by atoms with Crippen LogP contribution in [-0.4, -0.2) is 6.54 Å². The lowest BCUT2D eigenvalue weighted by Crippen LogP contribution is -2.14. The van der Waals surface area contributed by atoms with Crippen LogP contribution in [-0.2, 0) is 13.2 Å². The van der Waals surface area contributed by atoms with Crippen molar-refractivity contribution in [3.63, 3.8) is 0 Å². The maximum Gasteiger partial charge on any atom is 0.156 e.